The van der Waals surface area contributed by atoms with Crippen molar-refractivity contribution in [2.24, 2.45) is 0 Å². The Labute approximate surface area is 165 Å². The average molecular weight is 388 g/mol. The number of carbonyl (C=O) groups is 1. The van der Waals surface area contributed by atoms with Crippen molar-refractivity contribution in [3.05, 3.63) is 76.1 Å². The molecule has 0 aliphatic heterocycles. The molecule has 0 aliphatic carbocycles. The zero-order valence-electron chi connectivity index (χ0n) is 15.7. The maximum Gasteiger partial charge on any atom is 0.337 e. The molecule has 1 N–H and O–H groups in total. The Hall–Kier alpha value is -4.07. The molecule has 4 rings (SSSR count). The first kappa shape index (κ1) is 18.3. The number of nitro groups is 1. The second-order valence-electron chi connectivity index (χ2n) is 6.44. The van der Waals surface area contributed by atoms with Crippen molar-refractivity contribution in [1.29, 1.82) is 0 Å². The van der Waals surface area contributed by atoms with Crippen LogP contribution < -0.4 is 0 Å². The summed E-state index contributed by atoms with van der Waals surface area (Å²) in [6.07, 6.45) is 1.43. The van der Waals surface area contributed by atoms with Gasteiger partial charge in [0.05, 0.1) is 23.3 Å². The highest BCUT2D eigenvalue weighted by atomic mass is 16.6. The highest BCUT2D eigenvalue weighted by molar-refractivity contribution is 5.95. The van der Waals surface area contributed by atoms with Gasteiger partial charge in [-0.1, -0.05) is 24.3 Å². The van der Waals surface area contributed by atoms with Crippen molar-refractivity contribution in [3.63, 3.8) is 0 Å². The van der Waals surface area contributed by atoms with E-state index in [4.69, 9.17) is 4.74 Å². The Morgan fingerprint density at radius 2 is 1.90 bits per heavy atom. The molecular formula is C21H16N4O4. The predicted octanol–water partition coefficient (Wildman–Crippen LogP) is 4.30. The molecule has 0 radical (unpaired) electrons. The molecule has 29 heavy (non-hydrogen) atoms. The summed E-state index contributed by atoms with van der Waals surface area (Å²) >= 11 is 0. The summed E-state index contributed by atoms with van der Waals surface area (Å²) in [4.78, 5) is 34.4. The van der Waals surface area contributed by atoms with E-state index in [0.717, 1.165) is 16.6 Å². The maximum atomic E-state index is 11.6. The monoisotopic (exact) mass is 388 g/mol. The molecule has 0 fully saturated rings. The van der Waals surface area contributed by atoms with Crippen molar-refractivity contribution < 1.29 is 14.5 Å². The maximum absolute atomic E-state index is 11.6. The zero-order chi connectivity index (χ0) is 20.5. The minimum atomic E-state index is -0.400. The molecule has 0 aliphatic rings. The van der Waals surface area contributed by atoms with Crippen LogP contribution in [0.4, 0.5) is 5.69 Å². The number of H-pyrrole nitrogens is 1. The third kappa shape index (κ3) is 3.20. The molecule has 0 bridgehead atoms. The summed E-state index contributed by atoms with van der Waals surface area (Å²) in [5.41, 5.74) is 4.61. The van der Waals surface area contributed by atoms with Gasteiger partial charge in [-0.3, -0.25) is 10.1 Å². The average Bonchev–Trinajstić information content (AvgIpc) is 3.18. The number of carbonyl (C=O) groups excluding carboxylic acids is 1. The number of benzene rings is 2. The van der Waals surface area contributed by atoms with Gasteiger partial charge in [-0.15, -0.1) is 0 Å². The largest absolute Gasteiger partial charge is 0.465 e. The first-order valence-corrected chi connectivity index (χ1v) is 8.76. The van der Waals surface area contributed by atoms with E-state index in [-0.39, 0.29) is 5.69 Å². The first-order valence-electron chi connectivity index (χ1n) is 8.76. The van der Waals surface area contributed by atoms with E-state index < -0.39 is 10.9 Å². The number of hydrogen-bond acceptors (Lipinski definition) is 6. The lowest BCUT2D eigenvalue weighted by Gasteiger charge is -2.06. The molecule has 144 valence electrons. The number of aromatic amines is 1. The molecule has 0 atom stereocenters. The normalized spacial score (nSPS) is 10.8. The van der Waals surface area contributed by atoms with Gasteiger partial charge in [-0.2, -0.15) is 0 Å². The van der Waals surface area contributed by atoms with Crippen molar-refractivity contribution in [2.45, 2.75) is 6.92 Å². The summed E-state index contributed by atoms with van der Waals surface area (Å²) in [6.45, 7) is 1.71. The Balaban J connectivity index is 1.82. The molecular weight excluding hydrogens is 372 g/mol. The topological polar surface area (TPSA) is 111 Å². The van der Waals surface area contributed by atoms with E-state index in [9.17, 15) is 14.9 Å². The summed E-state index contributed by atoms with van der Waals surface area (Å²) in [7, 11) is 1.34. The minimum Gasteiger partial charge on any atom is -0.465 e. The lowest BCUT2D eigenvalue weighted by molar-refractivity contribution is -0.385. The van der Waals surface area contributed by atoms with Crippen LogP contribution >= 0.6 is 0 Å². The molecule has 8 heteroatoms. The van der Waals surface area contributed by atoms with Crippen LogP contribution in [0.15, 0.2) is 54.9 Å². The number of methoxy groups -OCH3 is 1. The van der Waals surface area contributed by atoms with Crippen molar-refractivity contribution in [1.82, 2.24) is 15.0 Å². The second-order valence-corrected chi connectivity index (χ2v) is 6.44. The number of aromatic nitrogens is 3. The minimum absolute atomic E-state index is 0.0448. The fraction of sp³-hybridized carbons (Fsp3) is 0.0952. The van der Waals surface area contributed by atoms with Crippen LogP contribution in [0.3, 0.4) is 0 Å². The van der Waals surface area contributed by atoms with E-state index in [0.29, 0.717) is 28.0 Å². The van der Waals surface area contributed by atoms with Gasteiger partial charge in [0.25, 0.3) is 5.69 Å². The van der Waals surface area contributed by atoms with Gasteiger partial charge in [0.15, 0.2) is 0 Å². The standard InChI is InChI=1S/C21H16N4O4/c1-12-15(4-3-5-18(12)25(27)28)19-16-10-17(24-20(16)23-11-22-19)13-6-8-14(9-7-13)21(26)29-2/h3-11H,1-2H3,(H,22,23,24). The zero-order valence-corrected chi connectivity index (χ0v) is 15.7. The van der Waals surface area contributed by atoms with Crippen LogP contribution in [-0.4, -0.2) is 33.0 Å². The van der Waals surface area contributed by atoms with Crippen molar-refractivity contribution >= 4 is 22.7 Å². The number of ether oxygens (including phenoxy) is 1. The molecule has 2 heterocycles. The van der Waals surface area contributed by atoms with Gasteiger partial charge in [-0.05, 0) is 30.7 Å². The summed E-state index contributed by atoms with van der Waals surface area (Å²) in [6, 6.07) is 13.8. The van der Waals surface area contributed by atoms with Crippen LogP contribution in [0.25, 0.3) is 33.5 Å². The van der Waals surface area contributed by atoms with Crippen LogP contribution in [0, 0.1) is 17.0 Å². The van der Waals surface area contributed by atoms with Crippen LogP contribution in [0.5, 0.6) is 0 Å². The quantitative estimate of drug-likeness (QED) is 0.317. The SMILES string of the molecule is COC(=O)c1ccc(-c2cc3c(-c4cccc([N+](=O)[O-])c4C)ncnc3[nH]2)cc1. The lowest BCUT2D eigenvalue weighted by Crippen LogP contribution is -2.00. The van der Waals surface area contributed by atoms with Crippen LogP contribution in [0.1, 0.15) is 15.9 Å². The van der Waals surface area contributed by atoms with Crippen molar-refractivity contribution in [2.75, 3.05) is 7.11 Å². The van der Waals surface area contributed by atoms with E-state index in [1.165, 1.54) is 19.5 Å². The second kappa shape index (κ2) is 7.16. The van der Waals surface area contributed by atoms with Gasteiger partial charge in [0.1, 0.15) is 12.0 Å². The Bertz CT molecular complexity index is 1250. The molecule has 2 aromatic carbocycles. The molecule has 0 spiro atoms. The molecule has 0 unspecified atom stereocenters. The summed E-state index contributed by atoms with van der Waals surface area (Å²) in [5.74, 6) is -0.400. The van der Waals surface area contributed by atoms with Crippen LogP contribution in [-0.2, 0) is 4.74 Å². The number of nitrogens with zero attached hydrogens (tertiary/aromatic N) is 3. The fourth-order valence-corrected chi connectivity index (χ4v) is 3.29. The van der Waals surface area contributed by atoms with Gasteiger partial charge >= 0.3 is 5.97 Å². The molecule has 8 nitrogen and oxygen atoms in total. The summed E-state index contributed by atoms with van der Waals surface area (Å²) in [5, 5.41) is 12.0. The molecule has 4 aromatic rings. The number of fused-ring (bicyclic) bond motifs is 1. The molecule has 2 aromatic heterocycles. The van der Waals surface area contributed by atoms with Crippen molar-refractivity contribution in [3.8, 4) is 22.5 Å². The van der Waals surface area contributed by atoms with E-state index in [1.54, 1.807) is 25.1 Å². The third-order valence-corrected chi connectivity index (χ3v) is 4.80. The van der Waals surface area contributed by atoms with Gasteiger partial charge < -0.3 is 9.72 Å². The predicted molar refractivity (Wildman–Crippen MR) is 107 cm³/mol. The fourth-order valence-electron chi connectivity index (χ4n) is 3.29. The van der Waals surface area contributed by atoms with Gasteiger partial charge in [0.2, 0.25) is 0 Å². The third-order valence-electron chi connectivity index (χ3n) is 4.80. The molecule has 0 saturated heterocycles. The number of nitro benzene ring substituents is 1. The molecule has 0 amide bonds. The van der Waals surface area contributed by atoms with Gasteiger partial charge in [0, 0.05) is 28.3 Å². The van der Waals surface area contributed by atoms with Crippen LogP contribution in [0.2, 0.25) is 0 Å². The van der Waals surface area contributed by atoms with E-state index in [1.807, 2.05) is 24.3 Å². The Morgan fingerprint density at radius 1 is 1.14 bits per heavy atom. The highest BCUT2D eigenvalue weighted by Crippen LogP contribution is 2.34. The number of hydrogen-bond donors (Lipinski definition) is 1. The number of nitrogens with one attached hydrogen (secondary N) is 1. The smallest absolute Gasteiger partial charge is 0.337 e. The Morgan fingerprint density at radius 3 is 2.59 bits per heavy atom. The summed E-state index contributed by atoms with van der Waals surface area (Å²) < 4.78 is 4.72. The Kier molecular flexibility index (Phi) is 4.52. The highest BCUT2D eigenvalue weighted by Gasteiger charge is 2.18. The number of esters is 1. The molecule has 0 saturated carbocycles. The van der Waals surface area contributed by atoms with E-state index >= 15 is 0 Å². The first-order chi connectivity index (χ1) is 14.0. The number of rotatable bonds is 4. The van der Waals surface area contributed by atoms with Gasteiger partial charge in [-0.25, -0.2) is 14.8 Å². The van der Waals surface area contributed by atoms with E-state index in [2.05, 4.69) is 15.0 Å². The lowest BCUT2D eigenvalue weighted by atomic mass is 10.0.